The maximum atomic E-state index is 13.3. The Morgan fingerprint density at radius 2 is 1.45 bits per heavy atom. The fraction of sp³-hybridized carbons (Fsp3) is 0.310. The van der Waals surface area contributed by atoms with Crippen LogP contribution in [0.5, 0.6) is 0 Å². The fourth-order valence-corrected chi connectivity index (χ4v) is 5.49. The van der Waals surface area contributed by atoms with Crippen molar-refractivity contribution >= 4 is 38.9 Å². The number of carbonyl (C=O) groups excluding carboxylic acids is 2. The van der Waals surface area contributed by atoms with Crippen LogP contribution >= 0.6 is 0 Å². The topological polar surface area (TPSA) is 117 Å². The Bertz CT molecular complexity index is 1470. The van der Waals surface area contributed by atoms with Crippen molar-refractivity contribution in [2.24, 2.45) is 0 Å². The number of benzene rings is 3. The van der Waals surface area contributed by atoms with Gasteiger partial charge < -0.3 is 20.3 Å². The zero-order valence-electron chi connectivity index (χ0n) is 22.8. The van der Waals surface area contributed by atoms with Crippen molar-refractivity contribution in [3.05, 3.63) is 83.9 Å². The number of nitrogens with zero attached hydrogens (tertiary/aromatic N) is 1. The minimum atomic E-state index is -4.51. The second-order valence-corrected chi connectivity index (χ2v) is 11.5. The number of ether oxygens (including phenoxy) is 1. The molecule has 9 nitrogen and oxygen atoms in total. The van der Waals surface area contributed by atoms with Gasteiger partial charge in [0.15, 0.2) is 0 Å². The number of aryl methyl sites for hydroxylation is 1. The summed E-state index contributed by atoms with van der Waals surface area (Å²) >= 11 is 0. The average molecular weight is 605 g/mol. The normalized spacial score (nSPS) is 14.7. The highest BCUT2D eigenvalue weighted by atomic mass is 32.2. The second kappa shape index (κ2) is 13.4. The molecule has 13 heteroatoms. The van der Waals surface area contributed by atoms with Crippen molar-refractivity contribution < 1.29 is 35.9 Å². The van der Waals surface area contributed by atoms with E-state index in [9.17, 15) is 31.2 Å². The van der Waals surface area contributed by atoms with Gasteiger partial charge in [-0.05, 0) is 74.0 Å². The number of anilines is 3. The van der Waals surface area contributed by atoms with Gasteiger partial charge in [-0.3, -0.25) is 9.59 Å². The predicted octanol–water partition coefficient (Wildman–Crippen LogP) is 4.55. The van der Waals surface area contributed by atoms with Gasteiger partial charge in [0.05, 0.1) is 23.7 Å². The molecule has 3 aromatic rings. The molecular weight excluding hydrogens is 573 g/mol. The lowest BCUT2D eigenvalue weighted by Gasteiger charge is -2.29. The number of nitrogens with one attached hydrogen (secondary N) is 3. The molecule has 0 aliphatic carbocycles. The summed E-state index contributed by atoms with van der Waals surface area (Å²) in [6.07, 6.45) is -5.01. The van der Waals surface area contributed by atoms with Gasteiger partial charge in [-0.15, -0.1) is 0 Å². The molecule has 1 saturated heterocycles. The quantitative estimate of drug-likeness (QED) is 0.313. The van der Waals surface area contributed by atoms with Gasteiger partial charge in [0.1, 0.15) is 6.04 Å². The number of hydrogen-bond acceptors (Lipinski definition) is 6. The third-order valence-corrected chi connectivity index (χ3v) is 8.10. The molecule has 1 atom stereocenters. The molecule has 3 N–H and O–H groups in total. The summed E-state index contributed by atoms with van der Waals surface area (Å²) in [5, 5.41) is 5.18. The maximum absolute atomic E-state index is 13.3. The molecule has 0 bridgehead atoms. The average Bonchev–Trinajstić information content (AvgIpc) is 2.96. The zero-order valence-corrected chi connectivity index (χ0v) is 23.6. The Kier molecular flexibility index (Phi) is 9.86. The summed E-state index contributed by atoms with van der Waals surface area (Å²) in [5.41, 5.74) is 1.51. The number of hydrogen-bond donors (Lipinski definition) is 3. The standard InChI is InChI=1S/C29H31F3N4O5S/c1-20-2-12-25(13-3-20)42(39,40)35-26(14-15-27(37)33-22-6-4-21(5-7-22)29(30,31)32)28(38)34-23-8-10-24(11-9-23)36-16-18-41-19-17-36/h2-13,26,35H,14-19H2,1H3,(H,33,37)(H,34,38)/t26-/m0/s1. The van der Waals surface area contributed by atoms with Crippen LogP contribution in [0.4, 0.5) is 30.2 Å². The first-order valence-electron chi connectivity index (χ1n) is 13.2. The highest BCUT2D eigenvalue weighted by molar-refractivity contribution is 7.89. The van der Waals surface area contributed by atoms with Crippen LogP contribution in [0.25, 0.3) is 0 Å². The van der Waals surface area contributed by atoms with E-state index in [1.165, 1.54) is 12.1 Å². The molecule has 4 rings (SSSR count). The summed E-state index contributed by atoms with van der Waals surface area (Å²) in [6, 6.07) is 15.7. The van der Waals surface area contributed by atoms with Crippen LogP contribution in [0, 0.1) is 6.92 Å². The van der Waals surface area contributed by atoms with E-state index in [0.717, 1.165) is 48.6 Å². The molecule has 0 spiro atoms. The van der Waals surface area contributed by atoms with E-state index >= 15 is 0 Å². The van der Waals surface area contributed by atoms with Crippen LogP contribution in [-0.4, -0.2) is 52.6 Å². The van der Waals surface area contributed by atoms with Crippen molar-refractivity contribution in [2.45, 2.75) is 36.9 Å². The van der Waals surface area contributed by atoms with E-state index in [2.05, 4.69) is 20.3 Å². The Balaban J connectivity index is 1.45. The molecule has 0 aromatic heterocycles. The number of carbonyl (C=O) groups is 2. The third-order valence-electron chi connectivity index (χ3n) is 6.61. The van der Waals surface area contributed by atoms with Crippen LogP contribution in [0.2, 0.25) is 0 Å². The summed E-state index contributed by atoms with van der Waals surface area (Å²) in [7, 11) is -4.13. The van der Waals surface area contributed by atoms with Crippen LogP contribution in [0.1, 0.15) is 24.0 Å². The lowest BCUT2D eigenvalue weighted by molar-refractivity contribution is -0.137. The van der Waals surface area contributed by atoms with Gasteiger partial charge in [0.2, 0.25) is 21.8 Å². The first-order chi connectivity index (χ1) is 19.9. The van der Waals surface area contributed by atoms with E-state index in [4.69, 9.17) is 4.74 Å². The van der Waals surface area contributed by atoms with Gasteiger partial charge in [0, 0.05) is 36.6 Å². The molecular formula is C29H31F3N4O5S. The summed E-state index contributed by atoms with van der Waals surface area (Å²) < 4.78 is 72.4. The van der Waals surface area contributed by atoms with Gasteiger partial charge in [-0.2, -0.15) is 17.9 Å². The molecule has 0 radical (unpaired) electrons. The number of alkyl halides is 3. The Morgan fingerprint density at radius 1 is 0.881 bits per heavy atom. The number of amides is 2. The molecule has 224 valence electrons. The lowest BCUT2D eigenvalue weighted by atomic mass is 10.1. The Hall–Kier alpha value is -3.94. The van der Waals surface area contributed by atoms with Crippen molar-refractivity contribution in [3.63, 3.8) is 0 Å². The monoisotopic (exact) mass is 604 g/mol. The zero-order chi connectivity index (χ0) is 30.3. The highest BCUT2D eigenvalue weighted by Gasteiger charge is 2.30. The van der Waals surface area contributed by atoms with E-state index in [1.807, 2.05) is 12.1 Å². The minimum absolute atomic E-state index is 0.0463. The van der Waals surface area contributed by atoms with Crippen molar-refractivity contribution in [2.75, 3.05) is 41.8 Å². The first-order valence-corrected chi connectivity index (χ1v) is 14.7. The SMILES string of the molecule is Cc1ccc(S(=O)(=O)N[C@@H](CCC(=O)Nc2ccc(C(F)(F)F)cc2)C(=O)Nc2ccc(N3CCOCC3)cc2)cc1. The molecule has 3 aromatic carbocycles. The number of sulfonamides is 1. The minimum Gasteiger partial charge on any atom is -0.378 e. The maximum Gasteiger partial charge on any atom is 0.416 e. The van der Waals surface area contributed by atoms with Gasteiger partial charge >= 0.3 is 6.18 Å². The number of halogens is 3. The molecule has 0 unspecified atom stereocenters. The van der Waals surface area contributed by atoms with Crippen LogP contribution in [-0.2, 0) is 30.5 Å². The molecule has 0 saturated carbocycles. The summed E-state index contributed by atoms with van der Waals surface area (Å²) in [6.45, 7) is 4.52. The van der Waals surface area contributed by atoms with Crippen LogP contribution in [0.3, 0.4) is 0 Å². The molecule has 2 amide bonds. The van der Waals surface area contributed by atoms with Crippen molar-refractivity contribution in [1.82, 2.24) is 4.72 Å². The van der Waals surface area contributed by atoms with Gasteiger partial charge in [-0.1, -0.05) is 17.7 Å². The summed E-state index contributed by atoms with van der Waals surface area (Å²) in [5.74, 6) is -1.27. The largest absolute Gasteiger partial charge is 0.416 e. The second-order valence-electron chi connectivity index (χ2n) is 9.78. The van der Waals surface area contributed by atoms with Crippen LogP contribution < -0.4 is 20.3 Å². The van der Waals surface area contributed by atoms with E-state index < -0.39 is 39.6 Å². The smallest absolute Gasteiger partial charge is 0.378 e. The lowest BCUT2D eigenvalue weighted by Crippen LogP contribution is -2.44. The number of morpholine rings is 1. The summed E-state index contributed by atoms with van der Waals surface area (Å²) in [4.78, 5) is 27.9. The highest BCUT2D eigenvalue weighted by Crippen LogP contribution is 2.30. The molecule has 1 fully saturated rings. The van der Waals surface area contributed by atoms with Crippen molar-refractivity contribution in [1.29, 1.82) is 0 Å². The van der Waals surface area contributed by atoms with Crippen LogP contribution in [0.15, 0.2) is 77.7 Å². The third kappa shape index (κ3) is 8.54. The Morgan fingerprint density at radius 3 is 2.05 bits per heavy atom. The first kappa shape index (κ1) is 31.0. The van der Waals surface area contributed by atoms with Gasteiger partial charge in [-0.25, -0.2) is 8.42 Å². The molecule has 1 heterocycles. The molecule has 1 aliphatic rings. The Labute approximate surface area is 242 Å². The van der Waals surface area contributed by atoms with Crippen molar-refractivity contribution in [3.8, 4) is 0 Å². The molecule has 42 heavy (non-hydrogen) atoms. The van der Waals surface area contributed by atoms with E-state index in [0.29, 0.717) is 18.9 Å². The fourth-order valence-electron chi connectivity index (χ4n) is 4.26. The number of rotatable bonds is 10. The van der Waals surface area contributed by atoms with Gasteiger partial charge in [0.25, 0.3) is 0 Å². The van der Waals surface area contributed by atoms with E-state index in [-0.39, 0.29) is 23.4 Å². The van der Waals surface area contributed by atoms with E-state index in [1.54, 1.807) is 31.2 Å². The molecule has 1 aliphatic heterocycles. The predicted molar refractivity (Wildman–Crippen MR) is 153 cm³/mol.